The molecule has 1 atom stereocenters. The molecule has 2 rings (SSSR count). The maximum atomic E-state index is 12.8. The van der Waals surface area contributed by atoms with Gasteiger partial charge in [-0.2, -0.15) is 13.2 Å². The normalized spacial score (nSPS) is 12.5. The van der Waals surface area contributed by atoms with E-state index in [1.165, 1.54) is 19.1 Å². The van der Waals surface area contributed by atoms with Crippen molar-refractivity contribution < 1.29 is 37.7 Å². The van der Waals surface area contributed by atoms with Gasteiger partial charge in [0.25, 0.3) is 0 Å². The zero-order valence-corrected chi connectivity index (χ0v) is 13.6. The molecule has 5 nitrogen and oxygen atoms in total. The SMILES string of the molecule is C[C@@H](C(=O)O)c1cccc(OCc2cc(C(F)(F)F)ccc2C(=O)O)c1. The van der Waals surface area contributed by atoms with Gasteiger partial charge in [0.15, 0.2) is 0 Å². The fourth-order valence-electron chi connectivity index (χ4n) is 2.28. The first-order valence-electron chi connectivity index (χ1n) is 7.48. The Balaban J connectivity index is 2.27. The van der Waals surface area contributed by atoms with E-state index in [2.05, 4.69) is 0 Å². The number of halogens is 3. The molecule has 0 aliphatic carbocycles. The van der Waals surface area contributed by atoms with Crippen molar-refractivity contribution in [3.63, 3.8) is 0 Å². The molecule has 0 heterocycles. The van der Waals surface area contributed by atoms with Gasteiger partial charge in [0, 0.05) is 5.56 Å². The summed E-state index contributed by atoms with van der Waals surface area (Å²) in [6.45, 7) is 1.08. The number of ether oxygens (including phenoxy) is 1. The van der Waals surface area contributed by atoms with Crippen LogP contribution in [-0.2, 0) is 17.6 Å². The first kappa shape index (κ1) is 19.3. The Labute approximate surface area is 146 Å². The Morgan fingerprint density at radius 1 is 1.12 bits per heavy atom. The van der Waals surface area contributed by atoms with Crippen LogP contribution < -0.4 is 4.74 Å². The van der Waals surface area contributed by atoms with Gasteiger partial charge in [0.2, 0.25) is 0 Å². The van der Waals surface area contributed by atoms with Crippen molar-refractivity contribution in [3.8, 4) is 5.75 Å². The van der Waals surface area contributed by atoms with Crippen molar-refractivity contribution in [2.24, 2.45) is 0 Å². The Hall–Kier alpha value is -3.03. The second kappa shape index (κ2) is 7.47. The van der Waals surface area contributed by atoms with Crippen molar-refractivity contribution in [1.29, 1.82) is 0 Å². The molecule has 0 saturated carbocycles. The van der Waals surface area contributed by atoms with E-state index in [-0.39, 0.29) is 16.9 Å². The summed E-state index contributed by atoms with van der Waals surface area (Å²) in [4.78, 5) is 22.2. The molecular weight excluding hydrogens is 353 g/mol. The maximum absolute atomic E-state index is 12.8. The molecule has 0 fully saturated rings. The summed E-state index contributed by atoms with van der Waals surface area (Å²) in [5, 5.41) is 18.2. The van der Waals surface area contributed by atoms with E-state index >= 15 is 0 Å². The molecule has 0 bridgehead atoms. The number of hydrogen-bond donors (Lipinski definition) is 2. The van der Waals surface area contributed by atoms with Crippen molar-refractivity contribution in [3.05, 3.63) is 64.7 Å². The van der Waals surface area contributed by atoms with Gasteiger partial charge in [0.05, 0.1) is 17.0 Å². The number of hydrogen-bond acceptors (Lipinski definition) is 3. The van der Waals surface area contributed by atoms with Crippen LogP contribution in [0.15, 0.2) is 42.5 Å². The first-order valence-corrected chi connectivity index (χ1v) is 7.48. The van der Waals surface area contributed by atoms with E-state index < -0.39 is 36.2 Å². The lowest BCUT2D eigenvalue weighted by Crippen LogP contribution is -2.11. The summed E-state index contributed by atoms with van der Waals surface area (Å²) in [5.41, 5.74) is -0.955. The van der Waals surface area contributed by atoms with Crippen LogP contribution in [0, 0.1) is 0 Å². The standard InChI is InChI=1S/C18H15F3O5/c1-10(16(22)23)11-3-2-4-14(8-11)26-9-12-7-13(18(19,20)21)5-6-15(12)17(24)25/h2-8,10H,9H2,1H3,(H,22,23)(H,24,25)/t10-/m1/s1. The monoisotopic (exact) mass is 368 g/mol. The summed E-state index contributed by atoms with van der Waals surface area (Å²) >= 11 is 0. The molecule has 138 valence electrons. The van der Waals surface area contributed by atoms with Gasteiger partial charge < -0.3 is 14.9 Å². The third-order valence-electron chi connectivity index (χ3n) is 3.79. The minimum absolute atomic E-state index is 0.135. The Morgan fingerprint density at radius 3 is 2.38 bits per heavy atom. The molecule has 8 heteroatoms. The van der Waals surface area contributed by atoms with E-state index in [0.29, 0.717) is 11.6 Å². The van der Waals surface area contributed by atoms with Crippen LogP contribution in [0.5, 0.6) is 5.75 Å². The molecule has 2 aromatic rings. The number of benzene rings is 2. The molecule has 0 saturated heterocycles. The van der Waals surface area contributed by atoms with Gasteiger partial charge in [0.1, 0.15) is 12.4 Å². The van der Waals surface area contributed by atoms with E-state index in [1.807, 2.05) is 0 Å². The van der Waals surface area contributed by atoms with E-state index in [0.717, 1.165) is 12.1 Å². The smallest absolute Gasteiger partial charge is 0.416 e. The van der Waals surface area contributed by atoms with E-state index in [9.17, 15) is 22.8 Å². The molecule has 0 aliphatic heterocycles. The molecule has 0 spiro atoms. The predicted molar refractivity (Wildman–Crippen MR) is 85.2 cm³/mol. The fourth-order valence-corrected chi connectivity index (χ4v) is 2.28. The largest absolute Gasteiger partial charge is 0.489 e. The zero-order valence-electron chi connectivity index (χ0n) is 13.6. The Morgan fingerprint density at radius 2 is 1.81 bits per heavy atom. The summed E-state index contributed by atoms with van der Waals surface area (Å²) in [7, 11) is 0. The predicted octanol–water partition coefficient (Wildman–Crippen LogP) is 4.17. The van der Waals surface area contributed by atoms with Gasteiger partial charge in [-0.15, -0.1) is 0 Å². The van der Waals surface area contributed by atoms with Crippen molar-refractivity contribution >= 4 is 11.9 Å². The van der Waals surface area contributed by atoms with Gasteiger partial charge in [-0.1, -0.05) is 12.1 Å². The molecule has 0 amide bonds. The summed E-state index contributed by atoms with van der Waals surface area (Å²) in [6.07, 6.45) is -4.61. The molecular formula is C18H15F3O5. The van der Waals surface area contributed by atoms with Crippen molar-refractivity contribution in [2.75, 3.05) is 0 Å². The number of aliphatic carboxylic acids is 1. The number of rotatable bonds is 6. The number of carboxylic acids is 2. The zero-order chi connectivity index (χ0) is 19.5. The van der Waals surface area contributed by atoms with Crippen LogP contribution in [0.1, 0.15) is 39.9 Å². The van der Waals surface area contributed by atoms with Gasteiger partial charge in [-0.3, -0.25) is 4.79 Å². The molecule has 0 unspecified atom stereocenters. The molecule has 0 radical (unpaired) electrons. The molecule has 2 N–H and O–H groups in total. The minimum Gasteiger partial charge on any atom is -0.489 e. The van der Waals surface area contributed by atoms with E-state index in [4.69, 9.17) is 14.9 Å². The number of carbonyl (C=O) groups is 2. The lowest BCUT2D eigenvalue weighted by atomic mass is 10.0. The summed E-state index contributed by atoms with van der Waals surface area (Å²) in [5.74, 6) is -2.97. The Bertz CT molecular complexity index is 830. The van der Waals surface area contributed by atoms with Crippen molar-refractivity contribution in [1.82, 2.24) is 0 Å². The van der Waals surface area contributed by atoms with Crippen molar-refractivity contribution in [2.45, 2.75) is 25.6 Å². The average Bonchev–Trinajstić information content (AvgIpc) is 2.58. The average molecular weight is 368 g/mol. The quantitative estimate of drug-likeness (QED) is 0.799. The molecule has 0 aromatic heterocycles. The topological polar surface area (TPSA) is 83.8 Å². The molecule has 2 aromatic carbocycles. The van der Waals surface area contributed by atoms with Crippen LogP contribution >= 0.6 is 0 Å². The fraction of sp³-hybridized carbons (Fsp3) is 0.222. The number of alkyl halides is 3. The first-order chi connectivity index (χ1) is 12.1. The summed E-state index contributed by atoms with van der Waals surface area (Å²) in [6, 6.07) is 8.40. The highest BCUT2D eigenvalue weighted by Gasteiger charge is 2.31. The van der Waals surface area contributed by atoms with E-state index in [1.54, 1.807) is 12.1 Å². The minimum atomic E-state index is -4.61. The van der Waals surface area contributed by atoms with Crippen LogP contribution in [0.2, 0.25) is 0 Å². The lowest BCUT2D eigenvalue weighted by Gasteiger charge is -2.14. The molecule has 0 aliphatic rings. The highest BCUT2D eigenvalue weighted by atomic mass is 19.4. The van der Waals surface area contributed by atoms with Gasteiger partial charge in [-0.05, 0) is 42.8 Å². The van der Waals surface area contributed by atoms with Crippen LogP contribution in [0.3, 0.4) is 0 Å². The third-order valence-corrected chi connectivity index (χ3v) is 3.79. The van der Waals surface area contributed by atoms with Crippen LogP contribution in [-0.4, -0.2) is 22.2 Å². The number of carboxylic acid groups (broad SMARTS) is 2. The highest BCUT2D eigenvalue weighted by Crippen LogP contribution is 2.31. The Kier molecular flexibility index (Phi) is 5.54. The second-order valence-electron chi connectivity index (χ2n) is 5.60. The van der Waals surface area contributed by atoms with Crippen LogP contribution in [0.25, 0.3) is 0 Å². The van der Waals surface area contributed by atoms with Gasteiger partial charge >= 0.3 is 18.1 Å². The number of aromatic carboxylic acids is 1. The second-order valence-corrected chi connectivity index (χ2v) is 5.60. The highest BCUT2D eigenvalue weighted by molar-refractivity contribution is 5.89. The summed E-state index contributed by atoms with van der Waals surface area (Å²) < 4.78 is 43.9. The third kappa shape index (κ3) is 4.53. The maximum Gasteiger partial charge on any atom is 0.416 e. The molecule has 26 heavy (non-hydrogen) atoms. The lowest BCUT2D eigenvalue weighted by molar-refractivity contribution is -0.138. The van der Waals surface area contributed by atoms with Gasteiger partial charge in [-0.25, -0.2) is 4.79 Å². The van der Waals surface area contributed by atoms with Crippen LogP contribution in [0.4, 0.5) is 13.2 Å².